The van der Waals surface area contributed by atoms with E-state index < -0.39 is 30.6 Å². The number of carbonyl (C=O) groups excluding carboxylic acids is 3. The molecule has 2 amide bonds. The molecule has 2 aliphatic rings. The molecule has 10 nitrogen and oxygen atoms in total. The number of hydrogen-bond donors (Lipinski definition) is 1. The summed E-state index contributed by atoms with van der Waals surface area (Å²) < 4.78 is 15.6. The number of benzene rings is 2. The van der Waals surface area contributed by atoms with Gasteiger partial charge >= 0.3 is 5.97 Å². The predicted octanol–water partition coefficient (Wildman–Crippen LogP) is 2.46. The Morgan fingerprint density at radius 2 is 1.88 bits per heavy atom. The molecule has 4 rings (SSSR count). The first-order chi connectivity index (χ1) is 15.8. The molecule has 0 radical (unpaired) electrons. The minimum atomic E-state index is -1.15. The summed E-state index contributed by atoms with van der Waals surface area (Å²) in [7, 11) is 0. The Bertz CT molecular complexity index is 1140. The van der Waals surface area contributed by atoms with Crippen LogP contribution in [0.15, 0.2) is 47.6 Å². The molecule has 0 spiro atoms. The number of para-hydroxylation sites is 2. The zero-order valence-electron chi connectivity index (χ0n) is 18.4. The van der Waals surface area contributed by atoms with Gasteiger partial charge in [-0.15, -0.1) is 0 Å². The maximum atomic E-state index is 12.9. The molecule has 0 saturated heterocycles. The average molecular weight is 453 g/mol. The van der Waals surface area contributed by atoms with Crippen molar-refractivity contribution in [3.8, 4) is 11.5 Å². The van der Waals surface area contributed by atoms with Crippen molar-refractivity contribution in [2.75, 3.05) is 30.2 Å². The highest BCUT2D eigenvalue weighted by Crippen LogP contribution is 2.36. The first-order valence-electron chi connectivity index (χ1n) is 10.2. The smallest absolute Gasteiger partial charge is 0.347 e. The molecule has 33 heavy (non-hydrogen) atoms. The topological polar surface area (TPSA) is 116 Å². The van der Waals surface area contributed by atoms with E-state index in [1.807, 2.05) is 0 Å². The van der Waals surface area contributed by atoms with Crippen LogP contribution in [0.1, 0.15) is 26.3 Å². The average Bonchev–Trinajstić information content (AvgIpc) is 3.26. The molecular formula is C23H23N3O7. The Morgan fingerprint density at radius 3 is 2.70 bits per heavy atom. The van der Waals surface area contributed by atoms with Crippen LogP contribution in [-0.2, 0) is 24.0 Å². The first kappa shape index (κ1) is 22.1. The molecule has 0 saturated carbocycles. The van der Waals surface area contributed by atoms with Gasteiger partial charge in [0.2, 0.25) is 19.3 Å². The lowest BCUT2D eigenvalue weighted by Crippen LogP contribution is -2.59. The highest BCUT2D eigenvalue weighted by atomic mass is 16.7. The fraction of sp³-hybridized carbons (Fsp3) is 0.304. The number of fused-ring (bicyclic) bond motifs is 2. The third-order valence-corrected chi connectivity index (χ3v) is 5.29. The van der Waals surface area contributed by atoms with Crippen LogP contribution in [0, 0.1) is 0 Å². The number of nitrogens with one attached hydrogen (secondary N) is 1. The zero-order chi connectivity index (χ0) is 23.6. The summed E-state index contributed by atoms with van der Waals surface area (Å²) in [5.41, 5.74) is 1.16. The molecule has 2 aliphatic heterocycles. The standard InChI is InChI=1S/C23H23N3O7/c1-14(15-8-9-18-19(10-15)32-13-31-18)25-33-12-21(28)30-11-20(27)26-17-7-5-4-6-16(17)24-22(29)23(26,2)3/h4-10H,11-13H2,1-3H3,(H,24,29)/b25-14+. The molecule has 0 unspecified atom stereocenters. The minimum Gasteiger partial charge on any atom is -0.454 e. The molecule has 172 valence electrons. The number of oxime groups is 1. The highest BCUT2D eigenvalue weighted by molar-refractivity contribution is 6.14. The van der Waals surface area contributed by atoms with Crippen LogP contribution in [0.25, 0.3) is 0 Å². The van der Waals surface area contributed by atoms with Crippen LogP contribution < -0.4 is 19.7 Å². The highest BCUT2D eigenvalue weighted by Gasteiger charge is 2.43. The number of ether oxygens (including phenoxy) is 3. The van der Waals surface area contributed by atoms with E-state index in [9.17, 15) is 14.4 Å². The Morgan fingerprint density at radius 1 is 1.12 bits per heavy atom. The van der Waals surface area contributed by atoms with E-state index in [4.69, 9.17) is 19.0 Å². The van der Waals surface area contributed by atoms with Gasteiger partial charge in [0, 0.05) is 5.56 Å². The minimum absolute atomic E-state index is 0.168. The summed E-state index contributed by atoms with van der Waals surface area (Å²) in [6.45, 7) is 4.10. The second-order valence-corrected chi connectivity index (χ2v) is 7.94. The largest absolute Gasteiger partial charge is 0.454 e. The van der Waals surface area contributed by atoms with Crippen LogP contribution in [0.3, 0.4) is 0 Å². The normalized spacial score (nSPS) is 16.0. The van der Waals surface area contributed by atoms with Crippen molar-refractivity contribution in [3.05, 3.63) is 48.0 Å². The maximum absolute atomic E-state index is 12.9. The molecule has 0 atom stereocenters. The quantitative estimate of drug-likeness (QED) is 0.406. The second kappa shape index (κ2) is 8.81. The van der Waals surface area contributed by atoms with E-state index in [-0.39, 0.29) is 12.7 Å². The van der Waals surface area contributed by atoms with E-state index in [0.717, 1.165) is 5.56 Å². The van der Waals surface area contributed by atoms with E-state index in [1.54, 1.807) is 63.2 Å². The number of hydrogen-bond acceptors (Lipinski definition) is 8. The van der Waals surface area contributed by atoms with Gasteiger partial charge in [0.1, 0.15) is 5.54 Å². The van der Waals surface area contributed by atoms with Crippen LogP contribution in [0.5, 0.6) is 11.5 Å². The lowest BCUT2D eigenvalue weighted by Gasteiger charge is -2.41. The van der Waals surface area contributed by atoms with Crippen molar-refractivity contribution < 1.29 is 33.4 Å². The first-order valence-corrected chi connectivity index (χ1v) is 10.2. The van der Waals surface area contributed by atoms with Gasteiger partial charge in [-0.3, -0.25) is 14.5 Å². The molecule has 0 fully saturated rings. The SMILES string of the molecule is C/C(=N\OCC(=O)OCC(=O)N1c2ccccc2NC(=O)C1(C)C)c1ccc2c(c1)OCO2. The van der Waals surface area contributed by atoms with Crippen LogP contribution in [-0.4, -0.2) is 49.0 Å². The lowest BCUT2D eigenvalue weighted by molar-refractivity contribution is -0.152. The molecule has 0 bridgehead atoms. The van der Waals surface area contributed by atoms with E-state index in [2.05, 4.69) is 10.5 Å². The van der Waals surface area contributed by atoms with Crippen molar-refractivity contribution in [1.29, 1.82) is 0 Å². The Hall–Kier alpha value is -4.08. The molecule has 0 aromatic heterocycles. The number of nitrogens with zero attached hydrogens (tertiary/aromatic N) is 2. The van der Waals surface area contributed by atoms with E-state index in [1.165, 1.54) is 4.90 Å². The summed E-state index contributed by atoms with van der Waals surface area (Å²) in [6.07, 6.45) is 0. The molecule has 2 aromatic rings. The zero-order valence-corrected chi connectivity index (χ0v) is 18.4. The third kappa shape index (κ3) is 4.45. The fourth-order valence-corrected chi connectivity index (χ4v) is 3.50. The van der Waals surface area contributed by atoms with Gasteiger partial charge in [-0.1, -0.05) is 17.3 Å². The summed E-state index contributed by atoms with van der Waals surface area (Å²) >= 11 is 0. The summed E-state index contributed by atoms with van der Waals surface area (Å²) in [5, 5.41) is 6.69. The summed E-state index contributed by atoms with van der Waals surface area (Å²) in [5.74, 6) is -0.375. The van der Waals surface area contributed by atoms with Gasteiger partial charge in [0.15, 0.2) is 18.1 Å². The van der Waals surface area contributed by atoms with Crippen molar-refractivity contribution in [2.45, 2.75) is 26.3 Å². The van der Waals surface area contributed by atoms with Gasteiger partial charge in [0.25, 0.3) is 5.91 Å². The fourth-order valence-electron chi connectivity index (χ4n) is 3.50. The van der Waals surface area contributed by atoms with Crippen molar-refractivity contribution in [3.63, 3.8) is 0 Å². The van der Waals surface area contributed by atoms with Gasteiger partial charge < -0.3 is 24.4 Å². The predicted molar refractivity (Wildman–Crippen MR) is 118 cm³/mol. The van der Waals surface area contributed by atoms with Crippen molar-refractivity contribution in [1.82, 2.24) is 0 Å². The van der Waals surface area contributed by atoms with Gasteiger partial charge in [-0.05, 0) is 51.1 Å². The molecule has 0 aliphatic carbocycles. The monoisotopic (exact) mass is 453 g/mol. The van der Waals surface area contributed by atoms with Gasteiger partial charge in [-0.25, -0.2) is 4.79 Å². The molecule has 1 N–H and O–H groups in total. The summed E-state index contributed by atoms with van der Waals surface area (Å²) in [6, 6.07) is 12.2. The number of anilines is 2. The Balaban J connectivity index is 1.33. The summed E-state index contributed by atoms with van der Waals surface area (Å²) in [4.78, 5) is 43.8. The second-order valence-electron chi connectivity index (χ2n) is 7.94. The number of rotatable bonds is 6. The molecular weight excluding hydrogens is 430 g/mol. The van der Waals surface area contributed by atoms with Crippen LogP contribution in [0.4, 0.5) is 11.4 Å². The molecule has 10 heteroatoms. The molecule has 2 aromatic carbocycles. The Labute approximate surface area is 190 Å². The third-order valence-electron chi connectivity index (χ3n) is 5.29. The van der Waals surface area contributed by atoms with E-state index >= 15 is 0 Å². The maximum Gasteiger partial charge on any atom is 0.347 e. The number of amides is 2. The van der Waals surface area contributed by atoms with E-state index in [0.29, 0.717) is 28.6 Å². The number of esters is 1. The van der Waals surface area contributed by atoms with Gasteiger partial charge in [0.05, 0.1) is 17.1 Å². The van der Waals surface area contributed by atoms with Gasteiger partial charge in [-0.2, -0.15) is 0 Å². The number of carbonyl (C=O) groups is 3. The van der Waals surface area contributed by atoms with Crippen LogP contribution >= 0.6 is 0 Å². The molecule has 2 heterocycles. The lowest BCUT2D eigenvalue weighted by atomic mass is 9.96. The van der Waals surface area contributed by atoms with Crippen LogP contribution in [0.2, 0.25) is 0 Å². The Kier molecular flexibility index (Phi) is 5.91. The van der Waals surface area contributed by atoms with Crippen molar-refractivity contribution >= 4 is 34.9 Å². The van der Waals surface area contributed by atoms with Crippen molar-refractivity contribution in [2.24, 2.45) is 5.16 Å².